The first-order chi connectivity index (χ1) is 8.61. The van der Waals surface area contributed by atoms with Crippen molar-refractivity contribution in [3.63, 3.8) is 0 Å². The highest BCUT2D eigenvalue weighted by molar-refractivity contribution is 9.10. The van der Waals surface area contributed by atoms with Gasteiger partial charge in [0.2, 0.25) is 5.82 Å². The largest absolute Gasteiger partial charge is 0.453 e. The summed E-state index contributed by atoms with van der Waals surface area (Å²) in [5.74, 6) is -1.84. The Hall–Kier alpha value is -1.46. The lowest BCUT2D eigenvalue weighted by Crippen LogP contribution is -1.93. The van der Waals surface area contributed by atoms with Crippen molar-refractivity contribution in [2.24, 2.45) is 0 Å². The van der Waals surface area contributed by atoms with E-state index >= 15 is 0 Å². The maximum atomic E-state index is 13.4. The standard InChI is InChI=1S/C13H9BrF2O2/c14-9-6-8(7-17)4-5-11(9)18-12-3-1-2-10(15)13(12)16/h1-6,17H,7H2. The minimum atomic E-state index is -1.03. The lowest BCUT2D eigenvalue weighted by atomic mass is 10.2. The Morgan fingerprint density at radius 3 is 2.56 bits per heavy atom. The highest BCUT2D eigenvalue weighted by Gasteiger charge is 2.11. The van der Waals surface area contributed by atoms with Crippen molar-refractivity contribution in [3.05, 3.63) is 58.1 Å². The molecular weight excluding hydrogens is 306 g/mol. The summed E-state index contributed by atoms with van der Waals surface area (Å²) in [4.78, 5) is 0. The van der Waals surface area contributed by atoms with Crippen LogP contribution in [0.25, 0.3) is 0 Å². The third kappa shape index (κ3) is 2.68. The van der Waals surface area contributed by atoms with Crippen LogP contribution >= 0.6 is 15.9 Å². The molecule has 0 fully saturated rings. The molecule has 0 saturated heterocycles. The molecule has 2 nitrogen and oxygen atoms in total. The summed E-state index contributed by atoms with van der Waals surface area (Å²) in [6, 6.07) is 8.57. The van der Waals surface area contributed by atoms with Crippen LogP contribution in [0, 0.1) is 11.6 Å². The molecule has 2 aromatic carbocycles. The zero-order valence-electron chi connectivity index (χ0n) is 9.16. The number of hydrogen-bond donors (Lipinski definition) is 1. The number of ether oxygens (including phenoxy) is 1. The summed E-state index contributed by atoms with van der Waals surface area (Å²) in [5.41, 5.74) is 0.689. The maximum Gasteiger partial charge on any atom is 0.201 e. The smallest absolute Gasteiger partial charge is 0.201 e. The predicted octanol–water partition coefficient (Wildman–Crippen LogP) is 4.01. The van der Waals surface area contributed by atoms with Crippen molar-refractivity contribution >= 4 is 15.9 Å². The van der Waals surface area contributed by atoms with Crippen molar-refractivity contribution in [2.45, 2.75) is 6.61 Å². The van der Waals surface area contributed by atoms with E-state index in [4.69, 9.17) is 9.84 Å². The fraction of sp³-hybridized carbons (Fsp3) is 0.0769. The predicted molar refractivity (Wildman–Crippen MR) is 66.5 cm³/mol. The average molecular weight is 315 g/mol. The first-order valence-electron chi connectivity index (χ1n) is 5.13. The zero-order chi connectivity index (χ0) is 13.1. The lowest BCUT2D eigenvalue weighted by molar-refractivity contribution is 0.281. The second-order valence-corrected chi connectivity index (χ2v) is 4.43. The summed E-state index contributed by atoms with van der Waals surface area (Å²) in [6.45, 7) is -0.104. The summed E-state index contributed by atoms with van der Waals surface area (Å²) in [7, 11) is 0. The van der Waals surface area contributed by atoms with Gasteiger partial charge in [0.1, 0.15) is 5.75 Å². The van der Waals surface area contributed by atoms with Crippen LogP contribution in [0.3, 0.4) is 0 Å². The van der Waals surface area contributed by atoms with Crippen molar-refractivity contribution < 1.29 is 18.6 Å². The molecule has 0 amide bonds. The van der Waals surface area contributed by atoms with Crippen molar-refractivity contribution in [1.29, 1.82) is 0 Å². The van der Waals surface area contributed by atoms with Crippen LogP contribution in [-0.4, -0.2) is 5.11 Å². The maximum absolute atomic E-state index is 13.4. The molecule has 0 heterocycles. The van der Waals surface area contributed by atoms with E-state index in [0.29, 0.717) is 15.8 Å². The highest BCUT2D eigenvalue weighted by Crippen LogP contribution is 2.32. The average Bonchev–Trinajstić information content (AvgIpc) is 2.37. The molecule has 5 heteroatoms. The molecule has 0 aliphatic rings. The fourth-order valence-electron chi connectivity index (χ4n) is 1.41. The number of rotatable bonds is 3. The van der Waals surface area contributed by atoms with E-state index in [1.165, 1.54) is 12.1 Å². The molecule has 0 aliphatic carbocycles. The van der Waals surface area contributed by atoms with E-state index in [1.807, 2.05) is 0 Å². The van der Waals surface area contributed by atoms with Crippen LogP contribution in [0.4, 0.5) is 8.78 Å². The molecule has 0 aliphatic heterocycles. The van der Waals surface area contributed by atoms with E-state index in [9.17, 15) is 8.78 Å². The van der Waals surface area contributed by atoms with Crippen LogP contribution in [0.1, 0.15) is 5.56 Å². The Labute approximate surface area is 111 Å². The zero-order valence-corrected chi connectivity index (χ0v) is 10.7. The molecule has 0 unspecified atom stereocenters. The lowest BCUT2D eigenvalue weighted by Gasteiger charge is -2.09. The van der Waals surface area contributed by atoms with Crippen LogP contribution in [0.5, 0.6) is 11.5 Å². The highest BCUT2D eigenvalue weighted by atomic mass is 79.9. The first kappa shape index (κ1) is 13.0. The molecule has 94 valence electrons. The second-order valence-electron chi connectivity index (χ2n) is 3.58. The van der Waals surface area contributed by atoms with Gasteiger partial charge in [0.05, 0.1) is 11.1 Å². The van der Waals surface area contributed by atoms with E-state index in [-0.39, 0.29) is 12.4 Å². The van der Waals surface area contributed by atoms with E-state index in [1.54, 1.807) is 18.2 Å². The van der Waals surface area contributed by atoms with Gasteiger partial charge >= 0.3 is 0 Å². The number of aliphatic hydroxyl groups is 1. The third-order valence-corrected chi connectivity index (χ3v) is 2.93. The fourth-order valence-corrected chi connectivity index (χ4v) is 1.91. The van der Waals surface area contributed by atoms with Gasteiger partial charge in [-0.1, -0.05) is 12.1 Å². The number of aliphatic hydroxyl groups excluding tert-OH is 1. The number of benzene rings is 2. The molecule has 0 spiro atoms. The van der Waals surface area contributed by atoms with Crippen LogP contribution in [0.15, 0.2) is 40.9 Å². The molecule has 1 N–H and O–H groups in total. The molecule has 0 atom stereocenters. The molecule has 2 aromatic rings. The monoisotopic (exact) mass is 314 g/mol. The van der Waals surface area contributed by atoms with Crippen LogP contribution in [-0.2, 0) is 6.61 Å². The van der Waals surface area contributed by atoms with Gasteiger partial charge in [0, 0.05) is 0 Å². The number of halogens is 3. The Morgan fingerprint density at radius 1 is 1.11 bits per heavy atom. The van der Waals surface area contributed by atoms with Gasteiger partial charge in [-0.15, -0.1) is 0 Å². The van der Waals surface area contributed by atoms with Crippen molar-refractivity contribution in [3.8, 4) is 11.5 Å². The second kappa shape index (κ2) is 5.46. The molecule has 18 heavy (non-hydrogen) atoms. The Balaban J connectivity index is 2.31. The Bertz CT molecular complexity index is 573. The van der Waals surface area contributed by atoms with Gasteiger partial charge < -0.3 is 9.84 Å². The Kier molecular flexibility index (Phi) is 3.93. The summed E-state index contributed by atoms with van der Waals surface area (Å²) >= 11 is 3.24. The van der Waals surface area contributed by atoms with Gasteiger partial charge in [-0.3, -0.25) is 0 Å². The molecule has 0 radical (unpaired) electrons. The van der Waals surface area contributed by atoms with Gasteiger partial charge in [-0.05, 0) is 45.8 Å². The normalized spacial score (nSPS) is 10.4. The van der Waals surface area contributed by atoms with E-state index in [0.717, 1.165) is 6.07 Å². The van der Waals surface area contributed by atoms with Crippen molar-refractivity contribution in [1.82, 2.24) is 0 Å². The van der Waals surface area contributed by atoms with Crippen LogP contribution in [0.2, 0.25) is 0 Å². The molecule has 0 saturated carbocycles. The van der Waals surface area contributed by atoms with Gasteiger partial charge in [-0.2, -0.15) is 4.39 Å². The minimum absolute atomic E-state index is 0.104. The topological polar surface area (TPSA) is 29.5 Å². The third-order valence-electron chi connectivity index (χ3n) is 2.31. The molecule has 2 rings (SSSR count). The van der Waals surface area contributed by atoms with Gasteiger partial charge in [-0.25, -0.2) is 4.39 Å². The molecular formula is C13H9BrF2O2. The van der Waals surface area contributed by atoms with Gasteiger partial charge in [0.25, 0.3) is 0 Å². The number of hydrogen-bond acceptors (Lipinski definition) is 2. The Morgan fingerprint density at radius 2 is 1.89 bits per heavy atom. The summed E-state index contributed by atoms with van der Waals surface area (Å²) in [6.07, 6.45) is 0. The van der Waals surface area contributed by atoms with E-state index < -0.39 is 11.6 Å². The van der Waals surface area contributed by atoms with Crippen molar-refractivity contribution in [2.75, 3.05) is 0 Å². The molecule has 0 aromatic heterocycles. The first-order valence-corrected chi connectivity index (χ1v) is 5.92. The minimum Gasteiger partial charge on any atom is -0.453 e. The quantitative estimate of drug-likeness (QED) is 0.927. The van der Waals surface area contributed by atoms with E-state index in [2.05, 4.69) is 15.9 Å². The molecule has 0 bridgehead atoms. The SMILES string of the molecule is OCc1ccc(Oc2cccc(F)c2F)c(Br)c1. The van der Waals surface area contributed by atoms with Crippen LogP contribution < -0.4 is 4.74 Å². The van der Waals surface area contributed by atoms with Gasteiger partial charge in [0.15, 0.2) is 11.6 Å². The summed E-state index contributed by atoms with van der Waals surface area (Å²) < 4.78 is 32.2. The summed E-state index contributed by atoms with van der Waals surface area (Å²) in [5, 5.41) is 8.95.